The fourth-order valence-corrected chi connectivity index (χ4v) is 2.39. The highest BCUT2D eigenvalue weighted by atomic mass is 19.4. The Hall–Kier alpha value is -9.73. The second kappa shape index (κ2) is 32.9. The Balaban J connectivity index is -0.000000291. The van der Waals surface area contributed by atoms with Crippen LogP contribution >= 0.6 is 0 Å². The predicted molar refractivity (Wildman–Crippen MR) is 204 cm³/mol. The fourth-order valence-electron chi connectivity index (χ4n) is 2.39. The van der Waals surface area contributed by atoms with E-state index in [1.165, 1.54) is 4.68 Å². The number of halogens is 24. The van der Waals surface area contributed by atoms with Gasteiger partial charge in [0.15, 0.2) is 5.82 Å². The smallest absolute Gasteiger partial charge is 0.475 e. The first-order chi connectivity index (χ1) is 35.8. The third-order valence-electron chi connectivity index (χ3n) is 5.47. The molecule has 48 heteroatoms. The van der Waals surface area contributed by atoms with Crippen molar-refractivity contribution >= 4 is 59.5 Å². The SMILES string of the molecule is Nc1nc(-c2ccccn2)nc(-n2nc(-c3ccccc3)cc2N)n1.O=C(O)C(F)(F)F.O=C(O)C(F)(F)F.O=C(O)C(F)(F)F.O=C(O)C(F)(F)F.O=C(O)C(F)(F)F.O=C(O)C(F)(F)F.O=C(O)C(F)(F)F.O=C(O)C(F)(F)F. The molecule has 0 aliphatic heterocycles. The summed E-state index contributed by atoms with van der Waals surface area (Å²) in [6.45, 7) is 0. The number of benzene rings is 1. The second-order valence-corrected chi connectivity index (χ2v) is 11.7. The minimum atomic E-state index is -5.08. The van der Waals surface area contributed by atoms with Crippen LogP contribution < -0.4 is 11.5 Å². The van der Waals surface area contributed by atoms with E-state index in [1.54, 1.807) is 18.3 Å². The molecule has 0 fully saturated rings. The van der Waals surface area contributed by atoms with E-state index in [9.17, 15) is 105 Å². The van der Waals surface area contributed by atoms with Gasteiger partial charge in [0.1, 0.15) is 11.5 Å². The maximum atomic E-state index is 10.6. The van der Waals surface area contributed by atoms with Gasteiger partial charge >= 0.3 is 97.2 Å². The number of alkyl halides is 24. The van der Waals surface area contributed by atoms with Crippen molar-refractivity contribution in [2.45, 2.75) is 49.4 Å². The van der Waals surface area contributed by atoms with E-state index in [2.05, 4.69) is 25.0 Å². The zero-order valence-corrected chi connectivity index (χ0v) is 37.0. The van der Waals surface area contributed by atoms with Crippen LogP contribution in [0.4, 0.5) is 117 Å². The van der Waals surface area contributed by atoms with Crippen LogP contribution in [-0.2, 0) is 38.4 Å². The van der Waals surface area contributed by atoms with Gasteiger partial charge in [-0.25, -0.2) is 38.4 Å². The van der Waals surface area contributed by atoms with Crippen molar-refractivity contribution in [1.82, 2.24) is 29.7 Å². The maximum Gasteiger partial charge on any atom is 0.490 e. The standard InChI is InChI=1S/C17H14N8.8C2HF3O2/c18-14-10-13(11-6-2-1-3-7-11)24-25(14)17-22-15(21-16(19)23-17)12-8-4-5-9-20-12;8*3-2(4,5)1(6)7/h1-10H,18H2,(H2,19,21,22,23);8*(H,6,7). The number of rotatable bonds is 3. The Bertz CT molecular complexity index is 2370. The normalized spacial score (nSPS) is 11.1. The van der Waals surface area contributed by atoms with Gasteiger partial charge < -0.3 is 52.3 Å². The van der Waals surface area contributed by atoms with Gasteiger partial charge in [0.25, 0.3) is 5.95 Å². The number of nitrogen functional groups attached to an aromatic ring is 2. The molecule has 0 radical (unpaired) electrons. The Labute approximate surface area is 424 Å². The van der Waals surface area contributed by atoms with Gasteiger partial charge in [0, 0.05) is 17.8 Å². The molecule has 0 atom stereocenters. The van der Waals surface area contributed by atoms with Crippen LogP contribution in [-0.4, -0.2) is 168 Å². The van der Waals surface area contributed by atoms with E-state index in [0.29, 0.717) is 17.3 Å². The first kappa shape index (κ1) is 80.1. The summed E-state index contributed by atoms with van der Waals surface area (Å²) in [4.78, 5) is 88.1. The molecule has 3 heterocycles. The van der Waals surface area contributed by atoms with E-state index >= 15 is 0 Å². The zero-order chi connectivity index (χ0) is 65.8. The molecule has 0 spiro atoms. The number of carboxylic acid groups (broad SMARTS) is 8. The van der Waals surface area contributed by atoms with Gasteiger partial charge in [-0.2, -0.15) is 130 Å². The van der Waals surface area contributed by atoms with Crippen LogP contribution in [0.5, 0.6) is 0 Å². The summed E-state index contributed by atoms with van der Waals surface area (Å²) in [5, 5.41) is 61.5. The Kier molecular flexibility index (Phi) is 32.5. The molecular weight excluding hydrogens is 1220 g/mol. The number of aromatic nitrogens is 6. The van der Waals surface area contributed by atoms with E-state index in [1.807, 2.05) is 42.5 Å². The highest BCUT2D eigenvalue weighted by molar-refractivity contribution is 5.75. The molecule has 0 aliphatic carbocycles. The molecule has 4 aromatic rings. The topological polar surface area (TPSA) is 420 Å². The Morgan fingerprint density at radius 1 is 0.370 bits per heavy atom. The quantitative estimate of drug-likeness (QED) is 0.0921. The molecule has 0 aliphatic rings. The highest BCUT2D eigenvalue weighted by Gasteiger charge is 2.42. The average molecular weight is 1240 g/mol. The van der Waals surface area contributed by atoms with Crippen molar-refractivity contribution in [1.29, 1.82) is 0 Å². The van der Waals surface area contributed by atoms with Crippen LogP contribution in [0.15, 0.2) is 60.8 Å². The molecule has 0 amide bonds. The van der Waals surface area contributed by atoms with E-state index < -0.39 is 97.2 Å². The first-order valence-corrected chi connectivity index (χ1v) is 17.5. The summed E-state index contributed by atoms with van der Waals surface area (Å²) in [5.41, 5.74) is 14.2. The lowest BCUT2D eigenvalue weighted by molar-refractivity contribution is -0.193. The molecular formula is C33H22F24N8O16. The lowest BCUT2D eigenvalue weighted by Gasteiger charge is -2.05. The summed E-state index contributed by atoms with van der Waals surface area (Å²) in [6, 6.07) is 16.9. The molecule has 458 valence electrons. The molecule has 1 aromatic carbocycles. The van der Waals surface area contributed by atoms with Gasteiger partial charge in [-0.3, -0.25) is 4.98 Å². The summed E-state index contributed by atoms with van der Waals surface area (Å²) < 4.78 is 255. The van der Waals surface area contributed by atoms with Crippen LogP contribution in [0.1, 0.15) is 0 Å². The van der Waals surface area contributed by atoms with Gasteiger partial charge in [0.05, 0.1) is 5.69 Å². The lowest BCUT2D eigenvalue weighted by atomic mass is 10.2. The van der Waals surface area contributed by atoms with Crippen molar-refractivity contribution < 1.29 is 185 Å². The highest BCUT2D eigenvalue weighted by Crippen LogP contribution is 2.23. The fraction of sp³-hybridized carbons (Fsp3) is 0.242. The van der Waals surface area contributed by atoms with Gasteiger partial charge in [-0.05, 0) is 12.1 Å². The molecule has 3 aromatic heterocycles. The van der Waals surface area contributed by atoms with Gasteiger partial charge in [-0.15, -0.1) is 0 Å². The third-order valence-corrected chi connectivity index (χ3v) is 5.47. The zero-order valence-electron chi connectivity index (χ0n) is 37.0. The number of carboxylic acids is 8. The monoisotopic (exact) mass is 1240 g/mol. The van der Waals surface area contributed by atoms with Crippen LogP contribution in [0.25, 0.3) is 28.7 Å². The second-order valence-electron chi connectivity index (χ2n) is 11.7. The van der Waals surface area contributed by atoms with E-state index in [0.717, 1.165) is 11.3 Å². The molecule has 0 saturated carbocycles. The third kappa shape index (κ3) is 40.2. The van der Waals surface area contributed by atoms with E-state index in [-0.39, 0.29) is 11.9 Å². The van der Waals surface area contributed by atoms with Crippen molar-refractivity contribution in [2.75, 3.05) is 11.5 Å². The number of nitrogens with two attached hydrogens (primary N) is 2. The average Bonchev–Trinajstić information content (AvgIpc) is 3.67. The van der Waals surface area contributed by atoms with Gasteiger partial charge in [-0.1, -0.05) is 36.4 Å². The minimum absolute atomic E-state index is 0.0711. The number of aliphatic carboxylic acids is 8. The first-order valence-electron chi connectivity index (χ1n) is 17.5. The summed E-state index contributed by atoms with van der Waals surface area (Å²) in [7, 11) is 0. The summed E-state index contributed by atoms with van der Waals surface area (Å²) in [5.74, 6) is -21.0. The number of anilines is 2. The van der Waals surface area contributed by atoms with Crippen molar-refractivity contribution in [2.24, 2.45) is 0 Å². The van der Waals surface area contributed by atoms with Crippen molar-refractivity contribution in [3.63, 3.8) is 0 Å². The van der Waals surface area contributed by atoms with Crippen molar-refractivity contribution in [3.8, 4) is 28.7 Å². The van der Waals surface area contributed by atoms with Crippen molar-refractivity contribution in [3.05, 3.63) is 60.8 Å². The molecule has 4 rings (SSSR count). The number of hydrogen-bond donors (Lipinski definition) is 10. The number of nitrogens with zero attached hydrogens (tertiary/aromatic N) is 6. The molecule has 12 N–H and O–H groups in total. The molecule has 0 saturated heterocycles. The summed E-state index contributed by atoms with van der Waals surface area (Å²) in [6.07, 6.45) is -39.0. The molecule has 0 bridgehead atoms. The largest absolute Gasteiger partial charge is 0.490 e. The van der Waals surface area contributed by atoms with E-state index in [4.69, 9.17) is 90.7 Å². The van der Waals surface area contributed by atoms with Crippen LogP contribution in [0.2, 0.25) is 0 Å². The lowest BCUT2D eigenvalue weighted by Crippen LogP contribution is -2.21. The number of hydrogen-bond acceptors (Lipinski definition) is 15. The number of carbonyl (C=O) groups is 8. The van der Waals surface area contributed by atoms with Crippen LogP contribution in [0.3, 0.4) is 0 Å². The molecule has 24 nitrogen and oxygen atoms in total. The Morgan fingerprint density at radius 2 is 0.630 bits per heavy atom. The molecule has 0 unspecified atom stereocenters. The number of pyridine rings is 1. The predicted octanol–water partition coefficient (Wildman–Crippen LogP) is 7.02. The maximum absolute atomic E-state index is 10.6. The van der Waals surface area contributed by atoms with Gasteiger partial charge in [0.2, 0.25) is 5.95 Å². The summed E-state index contributed by atoms with van der Waals surface area (Å²) >= 11 is 0. The van der Waals surface area contributed by atoms with Crippen LogP contribution in [0, 0.1) is 0 Å². The Morgan fingerprint density at radius 3 is 0.864 bits per heavy atom. The minimum Gasteiger partial charge on any atom is -0.475 e. The molecule has 81 heavy (non-hydrogen) atoms.